The smallest absolute Gasteiger partial charge is 0.395 e. The van der Waals surface area contributed by atoms with Gasteiger partial charge in [0.25, 0.3) is 0 Å². The van der Waals surface area contributed by atoms with Crippen LogP contribution in [0.2, 0.25) is 0 Å². The highest BCUT2D eigenvalue weighted by Crippen LogP contribution is 2.33. The number of aliphatic hydroxyl groups is 1. The second kappa shape index (κ2) is 6.95. The van der Waals surface area contributed by atoms with Gasteiger partial charge in [-0.05, 0) is 13.3 Å². The van der Waals surface area contributed by atoms with Gasteiger partial charge in [-0.15, -0.1) is 0 Å². The van der Waals surface area contributed by atoms with Crippen LogP contribution in [0.15, 0.2) is 0 Å². The van der Waals surface area contributed by atoms with Crippen LogP contribution < -0.4 is 10.6 Å². The highest BCUT2D eigenvalue weighted by atomic mass is 19.4. The number of alkyl halides is 3. The van der Waals surface area contributed by atoms with E-state index in [1.54, 1.807) is 11.8 Å². The summed E-state index contributed by atoms with van der Waals surface area (Å²) in [5.74, 6) is -1.56. The van der Waals surface area contributed by atoms with Crippen LogP contribution in [0.25, 0.3) is 0 Å². The van der Waals surface area contributed by atoms with Crippen LogP contribution in [0.4, 0.5) is 18.0 Å². The van der Waals surface area contributed by atoms with Crippen molar-refractivity contribution in [3.63, 3.8) is 0 Å². The Kier molecular flexibility index (Phi) is 5.86. The van der Waals surface area contributed by atoms with Crippen molar-refractivity contribution in [3.8, 4) is 0 Å². The third-order valence-electron chi connectivity index (χ3n) is 3.10. The zero-order chi connectivity index (χ0) is 14.5. The first-order valence-corrected chi connectivity index (χ1v) is 6.32. The lowest BCUT2D eigenvalue weighted by atomic mass is 10.0. The molecule has 2 amide bonds. The molecule has 0 spiro atoms. The Morgan fingerprint density at radius 3 is 2.63 bits per heavy atom. The number of hydrogen-bond acceptors (Lipinski definition) is 3. The maximum absolute atomic E-state index is 12.9. The van der Waals surface area contributed by atoms with Crippen molar-refractivity contribution in [2.24, 2.45) is 5.92 Å². The van der Waals surface area contributed by atoms with Gasteiger partial charge in [0.1, 0.15) is 0 Å². The molecule has 1 fully saturated rings. The number of carbonyl (C=O) groups excluding carboxylic acids is 1. The van der Waals surface area contributed by atoms with E-state index in [0.29, 0.717) is 19.5 Å². The van der Waals surface area contributed by atoms with Crippen LogP contribution in [0.3, 0.4) is 0 Å². The molecule has 1 aliphatic heterocycles. The molecule has 1 aliphatic rings. The van der Waals surface area contributed by atoms with E-state index in [1.165, 1.54) is 0 Å². The highest BCUT2D eigenvalue weighted by Gasteiger charge is 2.50. The van der Waals surface area contributed by atoms with Crippen LogP contribution >= 0.6 is 0 Å². The summed E-state index contributed by atoms with van der Waals surface area (Å²) in [4.78, 5) is 13.0. The average Bonchev–Trinajstić information content (AvgIpc) is 2.69. The van der Waals surface area contributed by atoms with Gasteiger partial charge >= 0.3 is 12.2 Å². The second-order valence-corrected chi connectivity index (χ2v) is 4.60. The van der Waals surface area contributed by atoms with Gasteiger partial charge in [0.05, 0.1) is 12.0 Å². The van der Waals surface area contributed by atoms with E-state index in [2.05, 4.69) is 10.6 Å². The number of aliphatic hydroxyl groups excluding tert-OH is 1. The zero-order valence-corrected chi connectivity index (χ0v) is 10.8. The maximum atomic E-state index is 12.9. The fourth-order valence-electron chi connectivity index (χ4n) is 2.22. The van der Waals surface area contributed by atoms with Crippen molar-refractivity contribution in [1.29, 1.82) is 0 Å². The highest BCUT2D eigenvalue weighted by molar-refractivity contribution is 5.74. The first-order chi connectivity index (χ1) is 8.88. The van der Waals surface area contributed by atoms with Crippen molar-refractivity contribution in [3.05, 3.63) is 0 Å². The fourth-order valence-corrected chi connectivity index (χ4v) is 2.22. The average molecular weight is 283 g/mol. The third kappa shape index (κ3) is 4.87. The number of hydrogen-bond donors (Lipinski definition) is 3. The minimum Gasteiger partial charge on any atom is -0.396 e. The molecule has 0 aromatic rings. The molecular weight excluding hydrogens is 263 g/mol. The van der Waals surface area contributed by atoms with E-state index in [9.17, 15) is 18.0 Å². The largest absolute Gasteiger partial charge is 0.396 e. The van der Waals surface area contributed by atoms with Crippen LogP contribution in [0.1, 0.15) is 13.3 Å². The quantitative estimate of drug-likeness (QED) is 0.690. The number of urea groups is 1. The molecule has 1 saturated heterocycles. The van der Waals surface area contributed by atoms with E-state index >= 15 is 0 Å². The fraction of sp³-hybridized carbons (Fsp3) is 0.909. The number of carbonyl (C=O) groups is 1. The minimum atomic E-state index is -4.34. The lowest BCUT2D eigenvalue weighted by Gasteiger charge is -2.22. The number of amides is 2. The molecule has 8 heteroatoms. The van der Waals surface area contributed by atoms with Crippen molar-refractivity contribution in [2.75, 3.05) is 32.8 Å². The Hall–Kier alpha value is -1.02. The molecule has 0 saturated carbocycles. The number of nitrogens with one attached hydrogen (secondary N) is 2. The Morgan fingerprint density at radius 2 is 2.11 bits per heavy atom. The molecule has 0 radical (unpaired) electrons. The van der Waals surface area contributed by atoms with E-state index in [4.69, 9.17) is 5.11 Å². The van der Waals surface area contributed by atoms with Crippen molar-refractivity contribution in [1.82, 2.24) is 15.5 Å². The van der Waals surface area contributed by atoms with Crippen molar-refractivity contribution >= 4 is 6.03 Å². The molecule has 2 unspecified atom stereocenters. The summed E-state index contributed by atoms with van der Waals surface area (Å²) < 4.78 is 38.7. The molecule has 19 heavy (non-hydrogen) atoms. The van der Waals surface area contributed by atoms with Crippen LogP contribution in [-0.4, -0.2) is 61.0 Å². The summed E-state index contributed by atoms with van der Waals surface area (Å²) in [6.45, 7) is 2.42. The SMILES string of the molecule is CCNC(=O)NC1CN(CCCO)CC1C(F)(F)F. The van der Waals surface area contributed by atoms with E-state index in [1.807, 2.05) is 0 Å². The summed E-state index contributed by atoms with van der Waals surface area (Å²) in [5, 5.41) is 13.5. The summed E-state index contributed by atoms with van der Waals surface area (Å²) >= 11 is 0. The molecule has 1 rings (SSSR count). The normalized spacial score (nSPS) is 24.5. The standard InChI is InChI=1S/C11H20F3N3O2/c1-2-15-10(19)16-9-7-17(4-3-5-18)6-8(9)11(12,13)14/h8-9,18H,2-7H2,1H3,(H2,15,16,19). The van der Waals surface area contributed by atoms with Crippen molar-refractivity contribution in [2.45, 2.75) is 25.6 Å². The van der Waals surface area contributed by atoms with Gasteiger partial charge in [-0.25, -0.2) is 4.79 Å². The van der Waals surface area contributed by atoms with Gasteiger partial charge in [0, 0.05) is 32.8 Å². The zero-order valence-electron chi connectivity index (χ0n) is 10.8. The van der Waals surface area contributed by atoms with Crippen LogP contribution in [0.5, 0.6) is 0 Å². The predicted octanol–water partition coefficient (Wildman–Crippen LogP) is 0.551. The summed E-state index contributed by atoms with van der Waals surface area (Å²) in [7, 11) is 0. The Bertz CT molecular complexity index is 299. The van der Waals surface area contributed by atoms with Gasteiger partial charge in [-0.2, -0.15) is 13.2 Å². The molecule has 5 nitrogen and oxygen atoms in total. The first kappa shape index (κ1) is 16.0. The third-order valence-corrected chi connectivity index (χ3v) is 3.10. The second-order valence-electron chi connectivity index (χ2n) is 4.60. The van der Waals surface area contributed by atoms with E-state index < -0.39 is 24.2 Å². The van der Waals surface area contributed by atoms with Gasteiger partial charge < -0.3 is 20.6 Å². The topological polar surface area (TPSA) is 64.6 Å². The van der Waals surface area contributed by atoms with Gasteiger partial charge in [0.2, 0.25) is 0 Å². The molecule has 0 aromatic carbocycles. The molecule has 0 aromatic heterocycles. The van der Waals surface area contributed by atoms with Gasteiger partial charge in [-0.3, -0.25) is 0 Å². The minimum absolute atomic E-state index is 0.0540. The Labute approximate surface area is 110 Å². The molecule has 1 heterocycles. The molecule has 0 aliphatic carbocycles. The Balaban J connectivity index is 2.61. The lowest BCUT2D eigenvalue weighted by molar-refractivity contribution is -0.174. The lowest BCUT2D eigenvalue weighted by Crippen LogP contribution is -2.49. The monoisotopic (exact) mass is 283 g/mol. The molecule has 3 N–H and O–H groups in total. The molecule has 2 atom stereocenters. The maximum Gasteiger partial charge on any atom is 0.395 e. The van der Waals surface area contributed by atoms with Crippen LogP contribution in [0, 0.1) is 5.92 Å². The Morgan fingerprint density at radius 1 is 1.42 bits per heavy atom. The molecule has 112 valence electrons. The van der Waals surface area contributed by atoms with Gasteiger partial charge in [-0.1, -0.05) is 0 Å². The van der Waals surface area contributed by atoms with Crippen LogP contribution in [-0.2, 0) is 0 Å². The summed E-state index contributed by atoms with van der Waals surface area (Å²) in [6, 6.07) is -1.52. The first-order valence-electron chi connectivity index (χ1n) is 6.32. The molecular formula is C11H20F3N3O2. The summed E-state index contributed by atoms with van der Waals surface area (Å²) in [6.07, 6.45) is -3.91. The molecule has 0 bridgehead atoms. The predicted molar refractivity (Wildman–Crippen MR) is 63.7 cm³/mol. The van der Waals surface area contributed by atoms with E-state index in [-0.39, 0.29) is 19.7 Å². The number of rotatable bonds is 5. The van der Waals surface area contributed by atoms with Gasteiger partial charge in [0.15, 0.2) is 0 Å². The summed E-state index contributed by atoms with van der Waals surface area (Å²) in [5.41, 5.74) is 0. The van der Waals surface area contributed by atoms with E-state index in [0.717, 1.165) is 0 Å². The number of nitrogens with zero attached hydrogens (tertiary/aromatic N) is 1. The van der Waals surface area contributed by atoms with Crippen molar-refractivity contribution < 1.29 is 23.1 Å². The number of halogens is 3. The number of likely N-dealkylation sites (tertiary alicyclic amines) is 1.